The number of hydrogen-bond acceptors (Lipinski definition) is 3. The zero-order valence-corrected chi connectivity index (χ0v) is 11.7. The van der Waals surface area contributed by atoms with E-state index in [1.165, 1.54) is 18.5 Å². The summed E-state index contributed by atoms with van der Waals surface area (Å²) in [5.74, 6) is 0.0254. The molecule has 0 spiro atoms. The summed E-state index contributed by atoms with van der Waals surface area (Å²) in [7, 11) is 0. The summed E-state index contributed by atoms with van der Waals surface area (Å²) in [6.45, 7) is 0. The second kappa shape index (κ2) is 5.02. The van der Waals surface area contributed by atoms with Crippen molar-refractivity contribution in [1.82, 2.24) is 9.97 Å². The Labute approximate surface area is 126 Å². The third-order valence-electron chi connectivity index (χ3n) is 4.11. The van der Waals surface area contributed by atoms with E-state index >= 15 is 0 Å². The smallest absolute Gasteiger partial charge is 0.149 e. The number of nitrogens with zero attached hydrogens (tertiary/aromatic N) is 2. The molecule has 22 heavy (non-hydrogen) atoms. The van der Waals surface area contributed by atoms with Crippen LogP contribution in [0.1, 0.15) is 23.6 Å². The Morgan fingerprint density at radius 1 is 1.09 bits per heavy atom. The van der Waals surface area contributed by atoms with Crippen molar-refractivity contribution in [2.45, 2.75) is 18.9 Å². The van der Waals surface area contributed by atoms with Gasteiger partial charge in [0.1, 0.15) is 29.3 Å². The number of nitrogens with one attached hydrogen (secondary N) is 1. The van der Waals surface area contributed by atoms with Gasteiger partial charge in [-0.05, 0) is 48.2 Å². The Kier molecular flexibility index (Phi) is 2.99. The largest absolute Gasteiger partial charge is 0.363 e. The van der Waals surface area contributed by atoms with Crippen LogP contribution in [0.15, 0.2) is 42.7 Å². The highest BCUT2D eigenvalue weighted by Crippen LogP contribution is 2.35. The first-order chi connectivity index (χ1) is 10.7. The fourth-order valence-corrected chi connectivity index (χ4v) is 3.07. The standard InChI is InChI=1S/C17H13F2N3/c18-11-5-6-12-10(8-11)4-7-15(12)22-17-13-2-1-3-14(19)16(13)20-9-21-17/h1-3,5-6,8-9,15H,4,7H2,(H,20,21,22). The van der Waals surface area contributed by atoms with Crippen molar-refractivity contribution >= 4 is 16.7 Å². The van der Waals surface area contributed by atoms with Crippen molar-refractivity contribution in [1.29, 1.82) is 0 Å². The molecule has 3 nitrogen and oxygen atoms in total. The average Bonchev–Trinajstić information content (AvgIpc) is 2.90. The molecule has 1 aromatic heterocycles. The highest BCUT2D eigenvalue weighted by molar-refractivity contribution is 5.89. The van der Waals surface area contributed by atoms with Crippen LogP contribution in [0.5, 0.6) is 0 Å². The number of aryl methyl sites for hydroxylation is 1. The zero-order valence-electron chi connectivity index (χ0n) is 11.7. The zero-order chi connectivity index (χ0) is 15.1. The summed E-state index contributed by atoms with van der Waals surface area (Å²) in [6.07, 6.45) is 3.04. The van der Waals surface area contributed by atoms with E-state index in [1.54, 1.807) is 24.3 Å². The molecule has 0 bridgehead atoms. The third kappa shape index (κ3) is 2.09. The highest BCUT2D eigenvalue weighted by atomic mass is 19.1. The van der Waals surface area contributed by atoms with Crippen molar-refractivity contribution < 1.29 is 8.78 Å². The highest BCUT2D eigenvalue weighted by Gasteiger charge is 2.23. The van der Waals surface area contributed by atoms with E-state index in [2.05, 4.69) is 15.3 Å². The molecule has 1 aliphatic rings. The number of hydrogen-bond donors (Lipinski definition) is 1. The van der Waals surface area contributed by atoms with Gasteiger partial charge in [0.15, 0.2) is 0 Å². The SMILES string of the molecule is Fc1ccc2c(c1)CCC2Nc1ncnc2c(F)cccc12. The summed E-state index contributed by atoms with van der Waals surface area (Å²) in [5.41, 5.74) is 2.39. The lowest BCUT2D eigenvalue weighted by Crippen LogP contribution is -2.09. The first kappa shape index (κ1) is 13.1. The Morgan fingerprint density at radius 2 is 2.00 bits per heavy atom. The van der Waals surface area contributed by atoms with Crippen LogP contribution in [0, 0.1) is 11.6 Å². The number of aromatic nitrogens is 2. The van der Waals surface area contributed by atoms with E-state index in [1.807, 2.05) is 0 Å². The maximum atomic E-state index is 13.8. The van der Waals surface area contributed by atoms with Crippen molar-refractivity contribution in [3.63, 3.8) is 0 Å². The maximum absolute atomic E-state index is 13.8. The van der Waals surface area contributed by atoms with E-state index in [-0.39, 0.29) is 17.7 Å². The molecule has 1 aliphatic carbocycles. The van der Waals surface area contributed by atoms with Gasteiger partial charge in [0.2, 0.25) is 0 Å². The quantitative estimate of drug-likeness (QED) is 0.776. The number of rotatable bonds is 2. The van der Waals surface area contributed by atoms with Gasteiger partial charge >= 0.3 is 0 Å². The normalized spacial score (nSPS) is 16.7. The molecular weight excluding hydrogens is 284 g/mol. The van der Waals surface area contributed by atoms with E-state index in [4.69, 9.17) is 0 Å². The minimum Gasteiger partial charge on any atom is -0.363 e. The van der Waals surface area contributed by atoms with Gasteiger partial charge in [0, 0.05) is 5.39 Å². The molecule has 0 aliphatic heterocycles. The summed E-state index contributed by atoms with van der Waals surface area (Å²) in [4.78, 5) is 8.24. The predicted molar refractivity (Wildman–Crippen MR) is 80.6 cm³/mol. The number of benzene rings is 2. The summed E-state index contributed by atoms with van der Waals surface area (Å²) in [6, 6.07) is 9.72. The lowest BCUT2D eigenvalue weighted by Gasteiger charge is -2.16. The third-order valence-corrected chi connectivity index (χ3v) is 4.11. The van der Waals surface area contributed by atoms with Gasteiger partial charge in [-0.25, -0.2) is 18.7 Å². The Balaban J connectivity index is 1.73. The molecule has 0 amide bonds. The Morgan fingerprint density at radius 3 is 2.91 bits per heavy atom. The van der Waals surface area contributed by atoms with Crippen LogP contribution in [0.3, 0.4) is 0 Å². The lowest BCUT2D eigenvalue weighted by atomic mass is 10.1. The summed E-state index contributed by atoms with van der Waals surface area (Å²) in [5, 5.41) is 4.00. The molecule has 1 heterocycles. The molecule has 0 saturated carbocycles. The van der Waals surface area contributed by atoms with Crippen molar-refractivity contribution in [3.8, 4) is 0 Å². The van der Waals surface area contributed by atoms with Crippen LogP contribution >= 0.6 is 0 Å². The minimum absolute atomic E-state index is 0.0527. The Bertz CT molecular complexity index is 864. The lowest BCUT2D eigenvalue weighted by molar-refractivity contribution is 0.626. The molecule has 0 fully saturated rings. The monoisotopic (exact) mass is 297 g/mol. The molecule has 1 unspecified atom stereocenters. The number of fused-ring (bicyclic) bond motifs is 2. The molecule has 1 N–H and O–H groups in total. The molecule has 2 aromatic carbocycles. The molecule has 4 rings (SSSR count). The fourth-order valence-electron chi connectivity index (χ4n) is 3.07. The van der Waals surface area contributed by atoms with E-state index in [0.29, 0.717) is 16.7 Å². The van der Waals surface area contributed by atoms with E-state index < -0.39 is 0 Å². The molecular formula is C17H13F2N3. The fraction of sp³-hybridized carbons (Fsp3) is 0.176. The summed E-state index contributed by atoms with van der Waals surface area (Å²) >= 11 is 0. The molecule has 5 heteroatoms. The topological polar surface area (TPSA) is 37.8 Å². The van der Waals surface area contributed by atoms with Crippen LogP contribution < -0.4 is 5.32 Å². The molecule has 1 atom stereocenters. The van der Waals surface area contributed by atoms with Gasteiger partial charge in [0.25, 0.3) is 0 Å². The second-order valence-corrected chi connectivity index (χ2v) is 5.44. The second-order valence-electron chi connectivity index (χ2n) is 5.44. The van der Waals surface area contributed by atoms with E-state index in [9.17, 15) is 8.78 Å². The van der Waals surface area contributed by atoms with Crippen molar-refractivity contribution in [2.75, 3.05) is 5.32 Å². The first-order valence-electron chi connectivity index (χ1n) is 7.16. The number of anilines is 1. The van der Waals surface area contributed by atoms with Crippen LogP contribution in [0.2, 0.25) is 0 Å². The predicted octanol–water partition coefficient (Wildman–Crippen LogP) is 4.01. The van der Waals surface area contributed by atoms with Crippen LogP contribution in [0.25, 0.3) is 10.9 Å². The molecule has 0 radical (unpaired) electrons. The summed E-state index contributed by atoms with van der Waals surface area (Å²) < 4.78 is 27.1. The molecule has 0 saturated heterocycles. The molecule has 3 aromatic rings. The Hall–Kier alpha value is -2.56. The average molecular weight is 297 g/mol. The van der Waals surface area contributed by atoms with Gasteiger partial charge in [-0.2, -0.15) is 0 Å². The van der Waals surface area contributed by atoms with Crippen LogP contribution in [0.4, 0.5) is 14.6 Å². The van der Waals surface area contributed by atoms with Gasteiger partial charge in [-0.3, -0.25) is 0 Å². The molecule has 110 valence electrons. The van der Waals surface area contributed by atoms with Gasteiger partial charge in [-0.1, -0.05) is 12.1 Å². The van der Waals surface area contributed by atoms with Crippen molar-refractivity contribution in [3.05, 3.63) is 65.5 Å². The van der Waals surface area contributed by atoms with Crippen LogP contribution in [-0.4, -0.2) is 9.97 Å². The first-order valence-corrected chi connectivity index (χ1v) is 7.16. The number of halogens is 2. The maximum Gasteiger partial charge on any atom is 0.149 e. The van der Waals surface area contributed by atoms with Gasteiger partial charge in [0.05, 0.1) is 6.04 Å². The number of para-hydroxylation sites is 1. The van der Waals surface area contributed by atoms with Crippen LogP contribution in [-0.2, 0) is 6.42 Å². The van der Waals surface area contributed by atoms with Crippen molar-refractivity contribution in [2.24, 2.45) is 0 Å². The van der Waals surface area contributed by atoms with Gasteiger partial charge < -0.3 is 5.32 Å². The van der Waals surface area contributed by atoms with Gasteiger partial charge in [-0.15, -0.1) is 0 Å². The minimum atomic E-state index is -0.364. The van der Waals surface area contributed by atoms with E-state index in [0.717, 1.165) is 24.0 Å².